The van der Waals surface area contributed by atoms with Crippen LogP contribution in [0, 0.1) is 0 Å². The molecule has 2 rings (SSSR count). The molecule has 15 heavy (non-hydrogen) atoms. The molecule has 0 amide bonds. The van der Waals surface area contributed by atoms with Gasteiger partial charge in [0, 0.05) is 13.1 Å². The van der Waals surface area contributed by atoms with Gasteiger partial charge >= 0.3 is 0 Å². The maximum atomic E-state index is 11.8. The maximum Gasteiger partial charge on any atom is 0.214 e. The van der Waals surface area contributed by atoms with Crippen molar-refractivity contribution in [2.45, 2.75) is 19.9 Å². The first kappa shape index (κ1) is 10.6. The Kier molecular flexibility index (Phi) is 2.80. The highest BCUT2D eigenvalue weighted by atomic mass is 32.2. The van der Waals surface area contributed by atoms with Crippen molar-refractivity contribution in [2.24, 2.45) is 0 Å². The highest BCUT2D eigenvalue weighted by molar-refractivity contribution is 7.89. The molecule has 0 radical (unpaired) electrons. The molecular formula is C11H15NO2S. The highest BCUT2D eigenvalue weighted by Crippen LogP contribution is 2.20. The quantitative estimate of drug-likeness (QED) is 0.724. The zero-order valence-corrected chi connectivity index (χ0v) is 9.63. The van der Waals surface area contributed by atoms with Crippen LogP contribution in [0.1, 0.15) is 18.1 Å². The van der Waals surface area contributed by atoms with Gasteiger partial charge in [-0.3, -0.25) is 0 Å². The molecule has 0 bridgehead atoms. The summed E-state index contributed by atoms with van der Waals surface area (Å²) in [7, 11) is -3.04. The van der Waals surface area contributed by atoms with Gasteiger partial charge in [0.25, 0.3) is 0 Å². The van der Waals surface area contributed by atoms with E-state index in [1.54, 1.807) is 4.31 Å². The number of rotatable bonds is 1. The van der Waals surface area contributed by atoms with Gasteiger partial charge in [-0.1, -0.05) is 31.2 Å². The topological polar surface area (TPSA) is 37.4 Å². The van der Waals surface area contributed by atoms with Crippen LogP contribution in [0.2, 0.25) is 0 Å². The van der Waals surface area contributed by atoms with Gasteiger partial charge in [-0.25, -0.2) is 8.42 Å². The average molecular weight is 225 g/mol. The lowest BCUT2D eigenvalue weighted by Gasteiger charge is -2.17. The van der Waals surface area contributed by atoms with Crippen LogP contribution in [0.15, 0.2) is 24.3 Å². The van der Waals surface area contributed by atoms with Crippen molar-refractivity contribution in [3.63, 3.8) is 0 Å². The standard InChI is InChI=1S/C11H15NO2S/c1-2-12-9-11-6-4-3-5-10(11)7-8-15(12,13)14/h3-6H,2,7-9H2,1H3. The van der Waals surface area contributed by atoms with E-state index in [-0.39, 0.29) is 5.75 Å². The summed E-state index contributed by atoms with van der Waals surface area (Å²) in [4.78, 5) is 0. The van der Waals surface area contributed by atoms with Crippen molar-refractivity contribution in [2.75, 3.05) is 12.3 Å². The summed E-state index contributed by atoms with van der Waals surface area (Å²) < 4.78 is 25.2. The van der Waals surface area contributed by atoms with Crippen LogP contribution >= 0.6 is 0 Å². The van der Waals surface area contributed by atoms with E-state index in [1.807, 2.05) is 31.2 Å². The molecule has 82 valence electrons. The Morgan fingerprint density at radius 3 is 2.60 bits per heavy atom. The molecule has 1 aromatic carbocycles. The van der Waals surface area contributed by atoms with Gasteiger partial charge in [0.1, 0.15) is 0 Å². The van der Waals surface area contributed by atoms with Crippen LogP contribution in [0.5, 0.6) is 0 Å². The number of fused-ring (bicyclic) bond motifs is 1. The lowest BCUT2D eigenvalue weighted by Crippen LogP contribution is -2.30. The lowest BCUT2D eigenvalue weighted by molar-refractivity contribution is 0.427. The van der Waals surface area contributed by atoms with Gasteiger partial charge in [-0.2, -0.15) is 4.31 Å². The number of nitrogens with zero attached hydrogens (tertiary/aromatic N) is 1. The summed E-state index contributed by atoms with van der Waals surface area (Å²) in [5.41, 5.74) is 2.30. The number of benzene rings is 1. The molecule has 3 nitrogen and oxygen atoms in total. The van der Waals surface area contributed by atoms with E-state index < -0.39 is 10.0 Å². The van der Waals surface area contributed by atoms with Crippen LogP contribution < -0.4 is 0 Å². The van der Waals surface area contributed by atoms with Crippen LogP contribution in [-0.2, 0) is 23.0 Å². The molecule has 1 aromatic rings. The van der Waals surface area contributed by atoms with E-state index in [1.165, 1.54) is 0 Å². The maximum absolute atomic E-state index is 11.8. The predicted octanol–water partition coefficient (Wildman–Crippen LogP) is 1.39. The Hall–Kier alpha value is -0.870. The van der Waals surface area contributed by atoms with E-state index in [9.17, 15) is 8.42 Å². The van der Waals surface area contributed by atoms with E-state index in [0.29, 0.717) is 19.5 Å². The minimum atomic E-state index is -3.04. The Labute approximate surface area is 90.8 Å². The first-order chi connectivity index (χ1) is 7.13. The normalized spacial score (nSPS) is 20.6. The molecule has 0 aromatic heterocycles. The third kappa shape index (κ3) is 2.06. The van der Waals surface area contributed by atoms with E-state index in [4.69, 9.17) is 0 Å². The molecule has 0 aliphatic carbocycles. The number of hydrogen-bond donors (Lipinski definition) is 0. The monoisotopic (exact) mass is 225 g/mol. The Morgan fingerprint density at radius 1 is 1.27 bits per heavy atom. The number of hydrogen-bond acceptors (Lipinski definition) is 2. The van der Waals surface area contributed by atoms with Gasteiger partial charge in [-0.05, 0) is 17.5 Å². The number of sulfonamides is 1. The second-order valence-electron chi connectivity index (χ2n) is 3.76. The van der Waals surface area contributed by atoms with E-state index >= 15 is 0 Å². The van der Waals surface area contributed by atoms with Crippen molar-refractivity contribution in [3.05, 3.63) is 35.4 Å². The summed E-state index contributed by atoms with van der Waals surface area (Å²) in [6.07, 6.45) is 0.634. The first-order valence-corrected chi connectivity index (χ1v) is 6.79. The molecule has 0 saturated heterocycles. The molecule has 0 saturated carbocycles. The smallest absolute Gasteiger partial charge is 0.212 e. The van der Waals surface area contributed by atoms with Crippen molar-refractivity contribution in [3.8, 4) is 0 Å². The molecule has 4 heteroatoms. The molecule has 0 N–H and O–H groups in total. The van der Waals surface area contributed by atoms with Crippen LogP contribution in [-0.4, -0.2) is 25.0 Å². The summed E-state index contributed by atoms with van der Waals surface area (Å²) in [5, 5.41) is 0. The van der Waals surface area contributed by atoms with Crippen LogP contribution in [0.25, 0.3) is 0 Å². The van der Waals surface area contributed by atoms with E-state index in [0.717, 1.165) is 11.1 Å². The molecule has 1 aliphatic heterocycles. The SMILES string of the molecule is CCN1Cc2ccccc2CCS1(=O)=O. The van der Waals surface area contributed by atoms with Crippen LogP contribution in [0.4, 0.5) is 0 Å². The van der Waals surface area contributed by atoms with Gasteiger partial charge in [0.15, 0.2) is 0 Å². The van der Waals surface area contributed by atoms with Crippen LogP contribution in [0.3, 0.4) is 0 Å². The van der Waals surface area contributed by atoms with Gasteiger partial charge < -0.3 is 0 Å². The molecule has 0 fully saturated rings. The third-order valence-corrected chi connectivity index (χ3v) is 4.73. The second-order valence-corrected chi connectivity index (χ2v) is 5.85. The molecule has 1 heterocycles. The molecular weight excluding hydrogens is 210 g/mol. The van der Waals surface area contributed by atoms with Crippen molar-refractivity contribution >= 4 is 10.0 Å². The predicted molar refractivity (Wildman–Crippen MR) is 60.0 cm³/mol. The molecule has 0 spiro atoms. The van der Waals surface area contributed by atoms with E-state index in [2.05, 4.69) is 0 Å². The highest BCUT2D eigenvalue weighted by Gasteiger charge is 2.24. The summed E-state index contributed by atoms with van der Waals surface area (Å²) in [6.45, 7) is 2.96. The fourth-order valence-electron chi connectivity index (χ4n) is 1.92. The fourth-order valence-corrected chi connectivity index (χ4v) is 3.39. The molecule has 0 unspecified atom stereocenters. The Balaban J connectivity index is 2.41. The van der Waals surface area contributed by atoms with Crippen molar-refractivity contribution in [1.82, 2.24) is 4.31 Å². The van der Waals surface area contributed by atoms with Crippen molar-refractivity contribution < 1.29 is 8.42 Å². The zero-order chi connectivity index (χ0) is 10.9. The zero-order valence-electron chi connectivity index (χ0n) is 8.81. The Bertz CT molecular complexity index is 453. The second kappa shape index (κ2) is 3.94. The summed E-state index contributed by atoms with van der Waals surface area (Å²) in [6, 6.07) is 7.96. The summed E-state index contributed by atoms with van der Waals surface area (Å²) >= 11 is 0. The average Bonchev–Trinajstić information content (AvgIpc) is 2.36. The van der Waals surface area contributed by atoms with Gasteiger partial charge in [0.05, 0.1) is 5.75 Å². The summed E-state index contributed by atoms with van der Waals surface area (Å²) in [5.74, 6) is 0.234. The molecule has 0 atom stereocenters. The lowest BCUT2D eigenvalue weighted by atomic mass is 10.1. The van der Waals surface area contributed by atoms with Gasteiger partial charge in [0.2, 0.25) is 10.0 Å². The fraction of sp³-hybridized carbons (Fsp3) is 0.455. The third-order valence-electron chi connectivity index (χ3n) is 2.84. The minimum Gasteiger partial charge on any atom is -0.212 e. The minimum absolute atomic E-state index is 0.234. The Morgan fingerprint density at radius 2 is 1.93 bits per heavy atom. The van der Waals surface area contributed by atoms with Crippen molar-refractivity contribution in [1.29, 1.82) is 0 Å². The molecule has 1 aliphatic rings. The van der Waals surface area contributed by atoms with Gasteiger partial charge in [-0.15, -0.1) is 0 Å². The number of aryl methyl sites for hydroxylation is 1. The largest absolute Gasteiger partial charge is 0.214 e. The first-order valence-electron chi connectivity index (χ1n) is 5.18.